The van der Waals surface area contributed by atoms with Crippen LogP contribution < -0.4 is 20.9 Å². The number of nitrogens with zero attached hydrogens (tertiary/aromatic N) is 2. The molecule has 2 amide bonds. The molecular formula is C20H15F4N5O2. The predicted molar refractivity (Wildman–Crippen MR) is 106 cm³/mol. The second-order valence-electron chi connectivity index (χ2n) is 6.66. The first-order chi connectivity index (χ1) is 14.6. The van der Waals surface area contributed by atoms with Crippen molar-refractivity contribution in [1.29, 1.82) is 5.41 Å². The van der Waals surface area contributed by atoms with Crippen molar-refractivity contribution in [2.75, 3.05) is 21.8 Å². The van der Waals surface area contributed by atoms with E-state index in [2.05, 4.69) is 5.32 Å². The molecule has 7 nitrogen and oxygen atoms in total. The molecule has 31 heavy (non-hydrogen) atoms. The quantitative estimate of drug-likeness (QED) is 0.514. The van der Waals surface area contributed by atoms with Crippen LogP contribution in [0.25, 0.3) is 0 Å². The lowest BCUT2D eigenvalue weighted by molar-refractivity contribution is -0.137. The number of fused-ring (bicyclic) bond motifs is 1. The van der Waals surface area contributed by atoms with Crippen molar-refractivity contribution in [3.63, 3.8) is 0 Å². The summed E-state index contributed by atoms with van der Waals surface area (Å²) in [5.74, 6) is -0.497. The van der Waals surface area contributed by atoms with Crippen molar-refractivity contribution in [3.8, 4) is 0 Å². The van der Waals surface area contributed by atoms with Gasteiger partial charge in [-0.15, -0.1) is 0 Å². The van der Waals surface area contributed by atoms with Crippen LogP contribution in [0.4, 0.5) is 45.3 Å². The first kappa shape index (κ1) is 20.3. The minimum absolute atomic E-state index is 0.135. The van der Waals surface area contributed by atoms with Crippen LogP contribution in [0, 0.1) is 11.2 Å². The van der Waals surface area contributed by atoms with Crippen molar-refractivity contribution in [1.82, 2.24) is 0 Å². The van der Waals surface area contributed by atoms with Gasteiger partial charge in [0.15, 0.2) is 0 Å². The van der Waals surface area contributed by atoms with Crippen LogP contribution in [0.15, 0.2) is 59.2 Å². The molecule has 0 bridgehead atoms. The van der Waals surface area contributed by atoms with Gasteiger partial charge in [0.05, 0.1) is 35.4 Å². The number of alkyl halides is 3. The van der Waals surface area contributed by atoms with Crippen molar-refractivity contribution < 1.29 is 26.8 Å². The highest BCUT2D eigenvalue weighted by Crippen LogP contribution is 2.35. The normalized spacial score (nSPS) is 13.5. The van der Waals surface area contributed by atoms with E-state index < -0.39 is 23.6 Å². The van der Waals surface area contributed by atoms with Crippen molar-refractivity contribution in [2.24, 2.45) is 5.73 Å². The van der Waals surface area contributed by atoms with E-state index in [4.69, 9.17) is 15.6 Å². The topological polar surface area (TPSA) is 98.6 Å². The lowest BCUT2D eigenvalue weighted by atomic mass is 10.1. The highest BCUT2D eigenvalue weighted by molar-refractivity contribution is 6.12. The van der Waals surface area contributed by atoms with Crippen LogP contribution in [0.5, 0.6) is 0 Å². The molecule has 0 atom stereocenters. The number of rotatable bonds is 3. The average molecular weight is 433 g/mol. The monoisotopic (exact) mass is 433 g/mol. The van der Waals surface area contributed by atoms with Crippen LogP contribution in [0.3, 0.4) is 0 Å². The molecule has 4 N–H and O–H groups in total. The molecule has 0 saturated heterocycles. The minimum atomic E-state index is -4.79. The zero-order valence-corrected chi connectivity index (χ0v) is 15.7. The number of carbonyl (C=O) groups excluding carboxylic acids is 1. The summed E-state index contributed by atoms with van der Waals surface area (Å²) in [4.78, 5) is 14.4. The number of urea groups is 1. The largest absolute Gasteiger partial charge is 0.448 e. The predicted octanol–water partition coefficient (Wildman–Crippen LogP) is 4.87. The Morgan fingerprint density at radius 1 is 1.13 bits per heavy atom. The van der Waals surface area contributed by atoms with E-state index in [1.54, 1.807) is 23.1 Å². The summed E-state index contributed by atoms with van der Waals surface area (Å²) >= 11 is 0. The van der Waals surface area contributed by atoms with Gasteiger partial charge in [0.2, 0.25) is 5.88 Å². The Balaban J connectivity index is 1.67. The number of nitrogens with one attached hydrogen (secondary N) is 2. The van der Waals surface area contributed by atoms with E-state index in [1.165, 1.54) is 18.4 Å². The number of hydrogen-bond acceptors (Lipinski definition) is 4. The van der Waals surface area contributed by atoms with Gasteiger partial charge in [-0.05, 0) is 48.5 Å². The number of halogens is 4. The Labute approximate surface area is 173 Å². The molecule has 2 aromatic carbocycles. The summed E-state index contributed by atoms with van der Waals surface area (Å²) in [5.41, 5.74) is 5.05. The number of anilines is 4. The van der Waals surface area contributed by atoms with Gasteiger partial charge in [0.25, 0.3) is 0 Å². The van der Waals surface area contributed by atoms with Gasteiger partial charge in [-0.3, -0.25) is 10.3 Å². The Hall–Kier alpha value is -4.02. The minimum Gasteiger partial charge on any atom is -0.448 e. The van der Waals surface area contributed by atoms with Gasteiger partial charge in [-0.1, -0.05) is 0 Å². The molecule has 1 aromatic heterocycles. The third-order valence-corrected chi connectivity index (χ3v) is 4.70. The fourth-order valence-corrected chi connectivity index (χ4v) is 3.28. The lowest BCUT2D eigenvalue weighted by Crippen LogP contribution is -2.39. The SMILES string of the molecule is N=C1c2ccoc2NCN1c1ccc(N(C(N)=O)c2cc(F)cc(C(F)(F)F)c2)cc1. The van der Waals surface area contributed by atoms with E-state index in [9.17, 15) is 22.4 Å². The van der Waals surface area contributed by atoms with Gasteiger partial charge >= 0.3 is 12.2 Å². The van der Waals surface area contributed by atoms with Crippen molar-refractivity contribution in [2.45, 2.75) is 6.18 Å². The van der Waals surface area contributed by atoms with E-state index in [0.717, 1.165) is 11.0 Å². The molecule has 160 valence electrons. The molecule has 3 aromatic rings. The fourth-order valence-electron chi connectivity index (χ4n) is 3.28. The summed E-state index contributed by atoms with van der Waals surface area (Å²) in [5, 5.41) is 11.3. The summed E-state index contributed by atoms with van der Waals surface area (Å²) < 4.78 is 58.2. The Bertz CT molecular complexity index is 1160. The number of amides is 2. The number of furan rings is 1. The summed E-state index contributed by atoms with van der Waals surface area (Å²) in [6, 6.07) is 8.35. The van der Waals surface area contributed by atoms with E-state index in [0.29, 0.717) is 29.3 Å². The average Bonchev–Trinajstić information content (AvgIpc) is 3.18. The first-order valence-corrected chi connectivity index (χ1v) is 8.90. The van der Waals surface area contributed by atoms with Gasteiger partial charge in [-0.25, -0.2) is 9.18 Å². The molecule has 1 aliphatic heterocycles. The molecule has 0 radical (unpaired) electrons. The zero-order chi connectivity index (χ0) is 22.3. The van der Waals surface area contributed by atoms with Gasteiger partial charge < -0.3 is 20.4 Å². The Morgan fingerprint density at radius 2 is 1.84 bits per heavy atom. The number of benzene rings is 2. The molecule has 0 saturated carbocycles. The Morgan fingerprint density at radius 3 is 2.48 bits per heavy atom. The van der Waals surface area contributed by atoms with E-state index in [-0.39, 0.29) is 23.9 Å². The van der Waals surface area contributed by atoms with E-state index in [1.807, 2.05) is 0 Å². The summed E-state index contributed by atoms with van der Waals surface area (Å²) in [6.45, 7) is 0.247. The van der Waals surface area contributed by atoms with Gasteiger partial charge in [-0.2, -0.15) is 13.2 Å². The van der Waals surface area contributed by atoms with Crippen molar-refractivity contribution >= 4 is 34.8 Å². The summed E-state index contributed by atoms with van der Waals surface area (Å²) in [6.07, 6.45) is -3.34. The third-order valence-electron chi connectivity index (χ3n) is 4.70. The molecule has 0 fully saturated rings. The first-order valence-electron chi connectivity index (χ1n) is 8.90. The molecule has 11 heteroatoms. The van der Waals surface area contributed by atoms with Crippen molar-refractivity contribution in [3.05, 3.63) is 71.7 Å². The molecule has 0 aliphatic carbocycles. The molecule has 0 spiro atoms. The second kappa shape index (κ2) is 7.35. The second-order valence-corrected chi connectivity index (χ2v) is 6.66. The van der Waals surface area contributed by atoms with Crippen LogP contribution >= 0.6 is 0 Å². The maximum Gasteiger partial charge on any atom is 0.416 e. The Kier molecular flexibility index (Phi) is 4.80. The lowest BCUT2D eigenvalue weighted by Gasteiger charge is -2.30. The van der Waals surface area contributed by atoms with Crippen LogP contribution in [0.2, 0.25) is 0 Å². The van der Waals surface area contributed by atoms with Crippen LogP contribution in [-0.4, -0.2) is 18.5 Å². The molecule has 1 aliphatic rings. The maximum atomic E-state index is 13.8. The number of nitrogens with two attached hydrogens (primary N) is 1. The highest BCUT2D eigenvalue weighted by Gasteiger charge is 2.32. The molecule has 2 heterocycles. The van der Waals surface area contributed by atoms with Gasteiger partial charge in [0, 0.05) is 5.69 Å². The van der Waals surface area contributed by atoms with Crippen LogP contribution in [0.1, 0.15) is 11.1 Å². The number of amidine groups is 1. The number of carbonyl (C=O) groups is 1. The number of hydrogen-bond donors (Lipinski definition) is 3. The standard InChI is InChI=1S/C20H15F4N5O2/c21-12-7-11(20(22,23)24)8-15(9-12)29(19(26)30)14-3-1-13(2-4-14)28-10-27-18-16(17(28)25)5-6-31-18/h1-9,25,27H,10H2,(H2,26,30). The van der Waals surface area contributed by atoms with Gasteiger partial charge in [0.1, 0.15) is 11.7 Å². The number of primary amides is 1. The van der Waals surface area contributed by atoms with E-state index >= 15 is 0 Å². The molecular weight excluding hydrogens is 418 g/mol. The molecule has 4 rings (SSSR count). The zero-order valence-electron chi connectivity index (χ0n) is 15.7. The maximum absolute atomic E-state index is 13.8. The highest BCUT2D eigenvalue weighted by atomic mass is 19.4. The third kappa shape index (κ3) is 3.77. The van der Waals surface area contributed by atoms with Crippen LogP contribution in [-0.2, 0) is 6.18 Å². The fraction of sp³-hybridized carbons (Fsp3) is 0.100. The smallest absolute Gasteiger partial charge is 0.416 e. The summed E-state index contributed by atoms with van der Waals surface area (Å²) in [7, 11) is 0. The molecule has 0 unspecified atom stereocenters.